The first kappa shape index (κ1) is 14.5. The molecule has 0 saturated heterocycles. The van der Waals surface area contributed by atoms with Crippen LogP contribution in [0.15, 0.2) is 18.2 Å². The van der Waals surface area contributed by atoms with E-state index in [1.807, 2.05) is 0 Å². The molecule has 1 rings (SSSR count). The van der Waals surface area contributed by atoms with Gasteiger partial charge in [-0.05, 0) is 19.1 Å². The second-order valence-electron chi connectivity index (χ2n) is 2.80. The second kappa shape index (κ2) is 5.56. The van der Waals surface area contributed by atoms with E-state index in [9.17, 15) is 12.9 Å². The van der Waals surface area contributed by atoms with Gasteiger partial charge in [0.2, 0.25) is 0 Å². The van der Waals surface area contributed by atoms with Crippen molar-refractivity contribution in [3.05, 3.63) is 23.8 Å². The van der Waals surface area contributed by atoms with Gasteiger partial charge >= 0.3 is 58.4 Å². The number of aryl methyl sites for hydroxylation is 1. The molecule has 0 spiro atoms. The summed E-state index contributed by atoms with van der Waals surface area (Å²) in [5.41, 5.74) is -0.354. The van der Waals surface area contributed by atoms with Crippen LogP contribution >= 0.6 is 0 Å². The van der Waals surface area contributed by atoms with Gasteiger partial charge in [-0.2, -0.15) is 0 Å². The Morgan fingerprint density at radius 3 is 2.14 bits per heavy atom. The fourth-order valence-electron chi connectivity index (χ4n) is 1.14. The Hall–Kier alpha value is 0.511. The third-order valence-electron chi connectivity index (χ3n) is 1.83. The van der Waals surface area contributed by atoms with Gasteiger partial charge in [-0.15, -0.1) is 5.46 Å². The van der Waals surface area contributed by atoms with E-state index >= 15 is 0 Å². The summed E-state index contributed by atoms with van der Waals surface area (Å²) in [6.07, 6.45) is 0. The van der Waals surface area contributed by atoms with Gasteiger partial charge in [-0.3, -0.25) is 0 Å². The van der Waals surface area contributed by atoms with E-state index in [2.05, 4.69) is 0 Å². The number of hydrogen-bond donors (Lipinski definition) is 0. The Morgan fingerprint density at radius 2 is 1.79 bits per heavy atom. The molecule has 6 heteroatoms. The summed E-state index contributed by atoms with van der Waals surface area (Å²) >= 11 is 0. The molecule has 0 radical (unpaired) electrons. The molecule has 0 heterocycles. The normalized spacial score (nSPS) is 10.6. The largest absolute Gasteiger partial charge is 1.00 e. The van der Waals surface area contributed by atoms with E-state index < -0.39 is 12.4 Å². The molecule has 0 aromatic heterocycles. The quantitative estimate of drug-likeness (QED) is 0.594. The van der Waals surface area contributed by atoms with Crippen molar-refractivity contribution in [2.75, 3.05) is 7.11 Å². The fourth-order valence-corrected chi connectivity index (χ4v) is 1.14. The summed E-state index contributed by atoms with van der Waals surface area (Å²) in [4.78, 5) is 0. The molecule has 0 fully saturated rings. The van der Waals surface area contributed by atoms with Crippen molar-refractivity contribution in [1.29, 1.82) is 0 Å². The number of hydrogen-bond acceptors (Lipinski definition) is 1. The monoisotopic (exact) mass is 228 g/mol. The molecule has 1 aromatic rings. The van der Waals surface area contributed by atoms with Gasteiger partial charge in [0.05, 0.1) is 7.11 Å². The zero-order chi connectivity index (χ0) is 10.1. The number of ether oxygens (including phenoxy) is 1. The van der Waals surface area contributed by atoms with Crippen LogP contribution < -0.4 is 61.6 Å². The number of methoxy groups -OCH3 is 1. The molecule has 0 aliphatic carbocycles. The Labute approximate surface area is 123 Å². The van der Waals surface area contributed by atoms with E-state index in [-0.39, 0.29) is 56.9 Å². The molecule has 1 aromatic carbocycles. The maximum atomic E-state index is 12.3. The Kier molecular flexibility index (Phi) is 5.76. The SMILES string of the molecule is COc1ccc([B-](F)(F)F)c(C)c1.[K+]. The number of halogens is 3. The first-order valence-corrected chi connectivity index (χ1v) is 3.79. The van der Waals surface area contributed by atoms with E-state index in [4.69, 9.17) is 4.74 Å². The average Bonchev–Trinajstić information content (AvgIpc) is 2.01. The van der Waals surface area contributed by atoms with Crippen LogP contribution in [0, 0.1) is 6.92 Å². The summed E-state index contributed by atoms with van der Waals surface area (Å²) in [6.45, 7) is -3.48. The van der Waals surface area contributed by atoms with Crippen LogP contribution in [0.5, 0.6) is 5.75 Å². The summed E-state index contributed by atoms with van der Waals surface area (Å²) in [7, 11) is 1.42. The predicted molar refractivity (Wildman–Crippen MR) is 46.4 cm³/mol. The molecule has 0 aliphatic rings. The molecule has 0 amide bonds. The molecule has 0 unspecified atom stereocenters. The van der Waals surface area contributed by atoms with Gasteiger partial charge in [0, 0.05) is 0 Å². The van der Waals surface area contributed by atoms with E-state index in [1.165, 1.54) is 26.2 Å². The van der Waals surface area contributed by atoms with Gasteiger partial charge in [-0.25, -0.2) is 0 Å². The van der Waals surface area contributed by atoms with E-state index in [1.54, 1.807) is 0 Å². The van der Waals surface area contributed by atoms with Gasteiger partial charge < -0.3 is 17.7 Å². The third kappa shape index (κ3) is 3.58. The maximum absolute atomic E-state index is 12.3. The molecule has 0 aliphatic heterocycles. The average molecular weight is 228 g/mol. The van der Waals surface area contributed by atoms with Crippen LogP contribution in [-0.2, 0) is 0 Å². The fraction of sp³-hybridized carbons (Fsp3) is 0.250. The molecule has 0 saturated carbocycles. The topological polar surface area (TPSA) is 9.23 Å². The number of rotatable bonds is 2. The number of benzene rings is 1. The Morgan fingerprint density at radius 1 is 1.21 bits per heavy atom. The van der Waals surface area contributed by atoms with Crippen molar-refractivity contribution in [1.82, 2.24) is 0 Å². The van der Waals surface area contributed by atoms with Crippen LogP contribution in [-0.4, -0.2) is 14.1 Å². The van der Waals surface area contributed by atoms with Crippen LogP contribution in [0.4, 0.5) is 12.9 Å². The van der Waals surface area contributed by atoms with Gasteiger partial charge in [-0.1, -0.05) is 11.6 Å². The summed E-state index contributed by atoms with van der Waals surface area (Å²) < 4.78 is 41.7. The molecule has 0 atom stereocenters. The zero-order valence-corrected chi connectivity index (χ0v) is 11.5. The van der Waals surface area contributed by atoms with Crippen molar-refractivity contribution in [2.24, 2.45) is 0 Å². The van der Waals surface area contributed by atoms with Crippen molar-refractivity contribution in [3.8, 4) is 5.75 Å². The van der Waals surface area contributed by atoms with Crippen LogP contribution in [0.2, 0.25) is 0 Å². The molecular formula is C8H9BF3KO. The summed E-state index contributed by atoms with van der Waals surface area (Å²) in [5.74, 6) is 0.446. The van der Waals surface area contributed by atoms with Crippen molar-refractivity contribution >= 4 is 12.4 Å². The minimum absolute atomic E-state index is 0. The molecule has 72 valence electrons. The Balaban J connectivity index is 0.00000169. The van der Waals surface area contributed by atoms with Crippen molar-refractivity contribution in [3.63, 3.8) is 0 Å². The van der Waals surface area contributed by atoms with Gasteiger partial charge in [0.15, 0.2) is 0 Å². The second-order valence-corrected chi connectivity index (χ2v) is 2.80. The molecule has 0 bridgehead atoms. The maximum Gasteiger partial charge on any atom is 1.00 e. The zero-order valence-electron chi connectivity index (χ0n) is 8.35. The van der Waals surface area contributed by atoms with Crippen molar-refractivity contribution in [2.45, 2.75) is 6.92 Å². The minimum atomic E-state index is -4.91. The van der Waals surface area contributed by atoms with Crippen LogP contribution in [0.3, 0.4) is 0 Å². The minimum Gasteiger partial charge on any atom is -0.497 e. The predicted octanol–water partition coefficient (Wildman–Crippen LogP) is -0.938. The standard InChI is InChI=1S/C8H9BF3O.K/c1-6-5-7(13-2)3-4-8(6)9(10,11)12;/h3-5H,1-2H3;/q-1;+1. The Bertz CT molecular complexity index is 314. The first-order valence-electron chi connectivity index (χ1n) is 3.79. The van der Waals surface area contributed by atoms with Gasteiger partial charge in [0.25, 0.3) is 0 Å². The molecule has 1 nitrogen and oxygen atoms in total. The third-order valence-corrected chi connectivity index (χ3v) is 1.83. The van der Waals surface area contributed by atoms with Crippen LogP contribution in [0.25, 0.3) is 0 Å². The first-order chi connectivity index (χ1) is 5.95. The van der Waals surface area contributed by atoms with Gasteiger partial charge in [0.1, 0.15) is 5.75 Å². The molecule has 14 heavy (non-hydrogen) atoms. The molecular weight excluding hydrogens is 219 g/mol. The summed E-state index contributed by atoms with van der Waals surface area (Å²) in [6, 6.07) is 3.75. The van der Waals surface area contributed by atoms with E-state index in [0.717, 1.165) is 6.07 Å². The smallest absolute Gasteiger partial charge is 0.497 e. The van der Waals surface area contributed by atoms with Crippen molar-refractivity contribution < 1.29 is 69.1 Å². The van der Waals surface area contributed by atoms with E-state index in [0.29, 0.717) is 5.75 Å². The van der Waals surface area contributed by atoms with Crippen LogP contribution in [0.1, 0.15) is 5.56 Å². The summed E-state index contributed by atoms with van der Waals surface area (Å²) in [5, 5.41) is 0. The molecule has 0 N–H and O–H groups in total.